The van der Waals surface area contributed by atoms with Gasteiger partial charge in [-0.3, -0.25) is 0 Å². The molecule has 0 bridgehead atoms. The number of aliphatic hydroxyl groups is 1. The predicted molar refractivity (Wildman–Crippen MR) is 84.5 cm³/mol. The van der Waals surface area contributed by atoms with Gasteiger partial charge in [0.15, 0.2) is 0 Å². The van der Waals surface area contributed by atoms with Gasteiger partial charge in [0.25, 0.3) is 0 Å². The van der Waals surface area contributed by atoms with Gasteiger partial charge in [0.2, 0.25) is 10.0 Å². The number of sulfonamides is 1. The minimum atomic E-state index is -3.59. The highest BCUT2D eigenvalue weighted by atomic mass is 32.2. The Kier molecular flexibility index (Phi) is 6.41. The highest BCUT2D eigenvalue weighted by Gasteiger charge is 2.28. The number of nitrogens with zero attached hydrogens (tertiary/aromatic N) is 1. The van der Waals surface area contributed by atoms with E-state index in [1.807, 2.05) is 27.7 Å². The van der Waals surface area contributed by atoms with Crippen molar-refractivity contribution in [1.29, 1.82) is 0 Å². The van der Waals surface area contributed by atoms with Crippen LogP contribution in [-0.4, -0.2) is 37.0 Å². The molecule has 1 aromatic carbocycles. The van der Waals surface area contributed by atoms with Crippen LogP contribution in [0, 0.1) is 18.8 Å². The fraction of sp³-hybridized carbons (Fsp3) is 0.500. The van der Waals surface area contributed by atoms with Gasteiger partial charge in [-0.15, -0.1) is 0 Å². The molecule has 0 saturated carbocycles. The first kappa shape index (κ1) is 17.7. The number of rotatable bonds is 5. The number of benzene rings is 1. The van der Waals surface area contributed by atoms with Crippen LogP contribution in [0.1, 0.15) is 38.3 Å². The maximum absolute atomic E-state index is 12.9. The van der Waals surface area contributed by atoms with Gasteiger partial charge in [-0.1, -0.05) is 31.8 Å². The van der Waals surface area contributed by atoms with Crippen LogP contribution in [0.3, 0.4) is 0 Å². The highest BCUT2D eigenvalue weighted by molar-refractivity contribution is 7.89. The Balaban J connectivity index is 3.43. The van der Waals surface area contributed by atoms with Crippen LogP contribution in [0.15, 0.2) is 23.1 Å². The third-order valence-electron chi connectivity index (χ3n) is 3.42. The van der Waals surface area contributed by atoms with Crippen LogP contribution >= 0.6 is 0 Å². The normalized spacial score (nSPS) is 12.9. The summed E-state index contributed by atoms with van der Waals surface area (Å²) in [5, 5.41) is 8.84. The molecule has 0 saturated heterocycles. The lowest BCUT2D eigenvalue weighted by atomic mass is 10.1. The minimum Gasteiger partial charge on any atom is -0.384 e. The van der Waals surface area contributed by atoms with E-state index >= 15 is 0 Å². The van der Waals surface area contributed by atoms with Crippen LogP contribution in [0.4, 0.5) is 0 Å². The van der Waals surface area contributed by atoms with Crippen molar-refractivity contribution in [3.63, 3.8) is 0 Å². The molecule has 1 atom stereocenters. The molecule has 0 heterocycles. The standard InChI is InChI=1S/C16H23NO3S/c1-5-14(4)17(6-2)21(19,20)16-10-9-13(3)12-15(16)8-7-11-18/h9-10,12,14,18H,5-6,11H2,1-4H3. The summed E-state index contributed by atoms with van der Waals surface area (Å²) in [6.07, 6.45) is 0.747. The predicted octanol–water partition coefficient (Wildman–Crippen LogP) is 2.15. The molecule has 4 nitrogen and oxygen atoms in total. The summed E-state index contributed by atoms with van der Waals surface area (Å²) in [6, 6.07) is 5.03. The molecular weight excluding hydrogens is 286 g/mol. The lowest BCUT2D eigenvalue weighted by molar-refractivity contribution is 0.342. The molecular formula is C16H23NO3S. The van der Waals surface area contributed by atoms with E-state index in [1.165, 1.54) is 4.31 Å². The van der Waals surface area contributed by atoms with E-state index in [1.54, 1.807) is 18.2 Å². The number of aryl methyl sites for hydroxylation is 1. The molecule has 0 aromatic heterocycles. The molecule has 0 aliphatic heterocycles. The molecule has 0 spiro atoms. The highest BCUT2D eigenvalue weighted by Crippen LogP contribution is 2.23. The summed E-state index contributed by atoms with van der Waals surface area (Å²) in [7, 11) is -3.59. The molecule has 5 heteroatoms. The SMILES string of the molecule is CCC(C)N(CC)S(=O)(=O)c1ccc(C)cc1C#CCO. The van der Waals surface area contributed by atoms with Gasteiger partial charge in [-0.2, -0.15) is 4.31 Å². The molecule has 0 fully saturated rings. The van der Waals surface area contributed by atoms with Crippen LogP contribution in [0.5, 0.6) is 0 Å². The zero-order valence-electron chi connectivity index (χ0n) is 13.0. The van der Waals surface area contributed by atoms with Gasteiger partial charge < -0.3 is 5.11 Å². The maximum Gasteiger partial charge on any atom is 0.244 e. The molecule has 0 radical (unpaired) electrons. The molecule has 1 N–H and O–H groups in total. The van der Waals surface area contributed by atoms with E-state index in [-0.39, 0.29) is 17.5 Å². The summed E-state index contributed by atoms with van der Waals surface area (Å²) in [5.41, 5.74) is 1.37. The van der Waals surface area contributed by atoms with Crippen molar-refractivity contribution in [3.8, 4) is 11.8 Å². The lowest BCUT2D eigenvalue weighted by Gasteiger charge is -2.26. The van der Waals surface area contributed by atoms with Crippen molar-refractivity contribution < 1.29 is 13.5 Å². The van der Waals surface area contributed by atoms with Gasteiger partial charge in [0.1, 0.15) is 6.61 Å². The van der Waals surface area contributed by atoms with Gasteiger partial charge in [0, 0.05) is 18.2 Å². The summed E-state index contributed by atoms with van der Waals surface area (Å²) in [6.45, 7) is 7.69. The van der Waals surface area contributed by atoms with Crippen molar-refractivity contribution in [2.45, 2.75) is 45.1 Å². The van der Waals surface area contributed by atoms with Crippen molar-refractivity contribution in [1.82, 2.24) is 4.31 Å². The minimum absolute atomic E-state index is 0.0695. The molecule has 0 aliphatic rings. The lowest BCUT2D eigenvalue weighted by Crippen LogP contribution is -2.38. The van der Waals surface area contributed by atoms with E-state index in [2.05, 4.69) is 11.8 Å². The number of aliphatic hydroxyl groups excluding tert-OH is 1. The average molecular weight is 309 g/mol. The monoisotopic (exact) mass is 309 g/mol. The average Bonchev–Trinajstić information content (AvgIpc) is 2.45. The largest absolute Gasteiger partial charge is 0.384 e. The van der Waals surface area contributed by atoms with Gasteiger partial charge >= 0.3 is 0 Å². The fourth-order valence-electron chi connectivity index (χ4n) is 2.15. The molecule has 1 unspecified atom stereocenters. The zero-order chi connectivity index (χ0) is 16.0. The molecule has 116 valence electrons. The Morgan fingerprint density at radius 2 is 2.00 bits per heavy atom. The molecule has 1 rings (SSSR count). The van der Waals surface area contributed by atoms with Crippen LogP contribution in [-0.2, 0) is 10.0 Å². The third-order valence-corrected chi connectivity index (χ3v) is 5.57. The first-order valence-electron chi connectivity index (χ1n) is 7.10. The number of hydrogen-bond acceptors (Lipinski definition) is 3. The quantitative estimate of drug-likeness (QED) is 0.848. The van der Waals surface area contributed by atoms with Crippen molar-refractivity contribution >= 4 is 10.0 Å². The summed E-state index contributed by atoms with van der Waals surface area (Å²) in [5.74, 6) is 5.27. The second kappa shape index (κ2) is 7.60. The van der Waals surface area contributed by atoms with Crippen LogP contribution in [0.2, 0.25) is 0 Å². The first-order valence-corrected chi connectivity index (χ1v) is 8.54. The third kappa shape index (κ3) is 4.07. The van der Waals surface area contributed by atoms with Gasteiger partial charge in [0.05, 0.1) is 4.90 Å². The van der Waals surface area contributed by atoms with E-state index in [0.717, 1.165) is 12.0 Å². The van der Waals surface area contributed by atoms with Gasteiger partial charge in [-0.05, 0) is 38.0 Å². The Labute approximate surface area is 127 Å². The van der Waals surface area contributed by atoms with E-state index < -0.39 is 10.0 Å². The Morgan fingerprint density at radius 1 is 1.33 bits per heavy atom. The number of hydrogen-bond donors (Lipinski definition) is 1. The fourth-order valence-corrected chi connectivity index (χ4v) is 3.99. The first-order chi connectivity index (χ1) is 9.88. The van der Waals surface area contributed by atoms with Gasteiger partial charge in [-0.25, -0.2) is 8.42 Å². The molecule has 0 amide bonds. The van der Waals surface area contributed by atoms with Crippen LogP contribution < -0.4 is 0 Å². The maximum atomic E-state index is 12.9. The summed E-state index contributed by atoms with van der Waals surface area (Å²) >= 11 is 0. The molecule has 0 aliphatic carbocycles. The van der Waals surface area contributed by atoms with Crippen molar-refractivity contribution in [3.05, 3.63) is 29.3 Å². The second-order valence-electron chi connectivity index (χ2n) is 4.93. The summed E-state index contributed by atoms with van der Waals surface area (Å²) < 4.78 is 27.2. The molecule has 1 aromatic rings. The van der Waals surface area contributed by atoms with Crippen LogP contribution in [0.25, 0.3) is 0 Å². The van der Waals surface area contributed by atoms with E-state index in [0.29, 0.717) is 12.1 Å². The summed E-state index contributed by atoms with van der Waals surface area (Å²) in [4.78, 5) is 0.205. The second-order valence-corrected chi connectivity index (χ2v) is 6.78. The Hall–Kier alpha value is -1.35. The van der Waals surface area contributed by atoms with E-state index in [4.69, 9.17) is 5.11 Å². The zero-order valence-corrected chi connectivity index (χ0v) is 13.9. The Morgan fingerprint density at radius 3 is 2.52 bits per heavy atom. The molecule has 21 heavy (non-hydrogen) atoms. The Bertz CT molecular complexity index is 641. The smallest absolute Gasteiger partial charge is 0.244 e. The van der Waals surface area contributed by atoms with Crippen molar-refractivity contribution in [2.24, 2.45) is 0 Å². The van der Waals surface area contributed by atoms with Crippen molar-refractivity contribution in [2.75, 3.05) is 13.2 Å². The topological polar surface area (TPSA) is 57.6 Å². The van der Waals surface area contributed by atoms with E-state index in [9.17, 15) is 8.42 Å².